The molecule has 4 rings (SSSR count). The molecule has 1 amide bonds. The van der Waals surface area contributed by atoms with Gasteiger partial charge in [-0.2, -0.15) is 0 Å². The predicted molar refractivity (Wildman–Crippen MR) is 110 cm³/mol. The number of aromatic nitrogens is 2. The number of carboxylic acid groups (broad SMARTS) is 1. The molecule has 3 aromatic rings. The van der Waals surface area contributed by atoms with E-state index in [4.69, 9.17) is 5.53 Å². The van der Waals surface area contributed by atoms with Gasteiger partial charge in [-0.1, -0.05) is 17.2 Å². The average Bonchev–Trinajstić information content (AvgIpc) is 3.24. The van der Waals surface area contributed by atoms with Crippen molar-refractivity contribution < 1.29 is 14.8 Å². The van der Waals surface area contributed by atoms with E-state index in [9.17, 15) is 24.8 Å². The van der Waals surface area contributed by atoms with Crippen molar-refractivity contribution in [1.29, 1.82) is 0 Å². The van der Waals surface area contributed by atoms with Gasteiger partial charge in [-0.3, -0.25) is 24.4 Å². The maximum absolute atomic E-state index is 13.5. The maximum Gasteiger partial charge on any atom is 0.407 e. The van der Waals surface area contributed by atoms with E-state index in [1.807, 2.05) is 0 Å². The van der Waals surface area contributed by atoms with Gasteiger partial charge < -0.3 is 5.11 Å². The zero-order valence-electron chi connectivity index (χ0n) is 16.0. The van der Waals surface area contributed by atoms with Crippen LogP contribution in [-0.2, 0) is 0 Å². The van der Waals surface area contributed by atoms with Crippen molar-refractivity contribution in [2.75, 3.05) is 6.54 Å². The largest absolute Gasteiger partial charge is 0.465 e. The average molecular weight is 421 g/mol. The van der Waals surface area contributed by atoms with Crippen LogP contribution in [0, 0.1) is 10.1 Å². The standard InChI is InChI=1S/C19H15N7O5/c20-23-22-11-3-1-4-12(9-11)25-17(16-5-2-8-24(16)19(28)29)21-15-7-6-13(26(30)31)10-14(15)18(25)27/h1,3-4,6-7,9-10,16H,2,5,8H2,(H,28,29)/t16-/m1/s1. The molecule has 31 heavy (non-hydrogen) atoms. The molecule has 12 nitrogen and oxygen atoms in total. The molecule has 156 valence electrons. The molecule has 0 unspecified atom stereocenters. The van der Waals surface area contributed by atoms with Gasteiger partial charge in [-0.15, -0.1) is 0 Å². The first-order valence-corrected chi connectivity index (χ1v) is 9.27. The van der Waals surface area contributed by atoms with Crippen molar-refractivity contribution in [2.24, 2.45) is 5.11 Å². The summed E-state index contributed by atoms with van der Waals surface area (Å²) in [5.74, 6) is 0.198. The number of benzene rings is 2. The maximum atomic E-state index is 13.5. The summed E-state index contributed by atoms with van der Waals surface area (Å²) in [5, 5.41) is 24.3. The van der Waals surface area contributed by atoms with Crippen LogP contribution in [0.15, 0.2) is 52.4 Å². The molecule has 0 aliphatic carbocycles. The second-order valence-corrected chi connectivity index (χ2v) is 6.91. The van der Waals surface area contributed by atoms with Crippen LogP contribution in [0.4, 0.5) is 16.2 Å². The molecule has 1 N–H and O–H groups in total. The number of hydrogen-bond donors (Lipinski definition) is 1. The molecule has 1 fully saturated rings. The summed E-state index contributed by atoms with van der Waals surface area (Å²) < 4.78 is 1.23. The third kappa shape index (κ3) is 3.51. The number of carbonyl (C=O) groups is 1. The molecule has 12 heteroatoms. The Balaban J connectivity index is 2.04. The number of amides is 1. The second-order valence-electron chi connectivity index (χ2n) is 6.91. The molecule has 2 aromatic carbocycles. The van der Waals surface area contributed by atoms with Gasteiger partial charge in [0.05, 0.1) is 27.6 Å². The first-order valence-electron chi connectivity index (χ1n) is 9.27. The minimum Gasteiger partial charge on any atom is -0.465 e. The number of nitro groups is 1. The Morgan fingerprint density at radius 3 is 2.84 bits per heavy atom. The number of azide groups is 1. The van der Waals surface area contributed by atoms with Crippen LogP contribution >= 0.6 is 0 Å². The summed E-state index contributed by atoms with van der Waals surface area (Å²) in [6.07, 6.45) is -0.0631. The lowest BCUT2D eigenvalue weighted by Crippen LogP contribution is -2.34. The fourth-order valence-corrected chi connectivity index (χ4v) is 3.79. The quantitative estimate of drug-likeness (QED) is 0.219. The van der Waals surface area contributed by atoms with Crippen LogP contribution < -0.4 is 5.56 Å². The SMILES string of the molecule is [N-]=[N+]=Nc1cccc(-n2c([C@H]3CCCN3C(=O)O)nc3ccc([N+](=O)[O-])cc3c2=O)c1. The van der Waals surface area contributed by atoms with Gasteiger partial charge in [0.25, 0.3) is 11.2 Å². The van der Waals surface area contributed by atoms with E-state index < -0.39 is 22.6 Å². The van der Waals surface area contributed by atoms with E-state index in [2.05, 4.69) is 15.0 Å². The topological polar surface area (TPSA) is 167 Å². The number of fused-ring (bicyclic) bond motifs is 1. The highest BCUT2D eigenvalue weighted by Crippen LogP contribution is 2.33. The minimum absolute atomic E-state index is 0.0204. The van der Waals surface area contributed by atoms with Crippen molar-refractivity contribution in [3.05, 3.63) is 79.2 Å². The van der Waals surface area contributed by atoms with Gasteiger partial charge in [0.15, 0.2) is 0 Å². The molecule has 1 atom stereocenters. The van der Waals surface area contributed by atoms with E-state index in [0.29, 0.717) is 25.1 Å². The lowest BCUT2D eigenvalue weighted by Gasteiger charge is -2.24. The lowest BCUT2D eigenvalue weighted by molar-refractivity contribution is -0.384. The molecule has 1 saturated heterocycles. The predicted octanol–water partition coefficient (Wildman–Crippen LogP) is 4.05. The molecule has 0 radical (unpaired) electrons. The van der Waals surface area contributed by atoms with E-state index >= 15 is 0 Å². The van der Waals surface area contributed by atoms with E-state index in [1.54, 1.807) is 18.2 Å². The summed E-state index contributed by atoms with van der Waals surface area (Å²) >= 11 is 0. The van der Waals surface area contributed by atoms with Crippen LogP contribution in [0.25, 0.3) is 27.0 Å². The van der Waals surface area contributed by atoms with E-state index in [0.717, 1.165) is 6.07 Å². The van der Waals surface area contributed by atoms with Crippen molar-refractivity contribution in [2.45, 2.75) is 18.9 Å². The van der Waals surface area contributed by atoms with Gasteiger partial charge in [-0.25, -0.2) is 9.78 Å². The number of nitrogens with zero attached hydrogens (tertiary/aromatic N) is 7. The highest BCUT2D eigenvalue weighted by atomic mass is 16.6. The Bertz CT molecular complexity index is 1330. The van der Waals surface area contributed by atoms with Crippen molar-refractivity contribution >= 4 is 28.4 Å². The Hall–Kier alpha value is -4.44. The molecular weight excluding hydrogens is 406 g/mol. The summed E-state index contributed by atoms with van der Waals surface area (Å²) in [6, 6.07) is 9.28. The van der Waals surface area contributed by atoms with Crippen LogP contribution in [0.3, 0.4) is 0 Å². The van der Waals surface area contributed by atoms with Gasteiger partial charge in [0.1, 0.15) is 5.82 Å². The van der Waals surface area contributed by atoms with Gasteiger partial charge >= 0.3 is 6.09 Å². The van der Waals surface area contributed by atoms with Gasteiger partial charge in [-0.05, 0) is 36.6 Å². The first kappa shape index (κ1) is 19.9. The molecule has 1 aliphatic heterocycles. The van der Waals surface area contributed by atoms with Crippen molar-refractivity contribution in [1.82, 2.24) is 14.5 Å². The summed E-state index contributed by atoms with van der Waals surface area (Å²) in [4.78, 5) is 44.2. The Morgan fingerprint density at radius 2 is 2.13 bits per heavy atom. The molecule has 0 saturated carbocycles. The summed E-state index contributed by atoms with van der Waals surface area (Å²) in [5.41, 5.74) is 8.66. The monoisotopic (exact) mass is 421 g/mol. The van der Waals surface area contributed by atoms with E-state index in [1.165, 1.54) is 27.7 Å². The molecule has 0 spiro atoms. The van der Waals surface area contributed by atoms with Crippen LogP contribution in [-0.4, -0.2) is 37.1 Å². The minimum atomic E-state index is -1.13. The van der Waals surface area contributed by atoms with E-state index in [-0.39, 0.29) is 28.1 Å². The normalized spacial score (nSPS) is 15.6. The summed E-state index contributed by atoms with van der Waals surface area (Å²) in [6.45, 7) is 0.299. The molecule has 0 bridgehead atoms. The number of likely N-dealkylation sites (tertiary alicyclic amines) is 1. The fraction of sp³-hybridized carbons (Fsp3) is 0.211. The smallest absolute Gasteiger partial charge is 0.407 e. The van der Waals surface area contributed by atoms with Crippen LogP contribution in [0.1, 0.15) is 24.7 Å². The van der Waals surface area contributed by atoms with Crippen molar-refractivity contribution in [3.8, 4) is 5.69 Å². The van der Waals surface area contributed by atoms with Gasteiger partial charge in [0, 0.05) is 29.3 Å². The Morgan fingerprint density at radius 1 is 1.32 bits per heavy atom. The van der Waals surface area contributed by atoms with Crippen LogP contribution in [0.2, 0.25) is 0 Å². The molecule has 2 heterocycles. The van der Waals surface area contributed by atoms with Gasteiger partial charge in [0.2, 0.25) is 0 Å². The third-order valence-electron chi connectivity index (χ3n) is 5.13. The highest BCUT2D eigenvalue weighted by Gasteiger charge is 2.34. The summed E-state index contributed by atoms with van der Waals surface area (Å²) in [7, 11) is 0. The molecule has 1 aliphatic rings. The van der Waals surface area contributed by atoms with Crippen molar-refractivity contribution in [3.63, 3.8) is 0 Å². The second kappa shape index (κ2) is 7.76. The highest BCUT2D eigenvalue weighted by molar-refractivity contribution is 5.81. The fourth-order valence-electron chi connectivity index (χ4n) is 3.79. The Kier molecular flexibility index (Phi) is 4.97. The number of nitro benzene ring substituents is 1. The van der Waals surface area contributed by atoms with Crippen LogP contribution in [0.5, 0.6) is 0 Å². The number of hydrogen-bond acceptors (Lipinski definition) is 6. The zero-order valence-corrected chi connectivity index (χ0v) is 16.0. The third-order valence-corrected chi connectivity index (χ3v) is 5.13. The number of non-ortho nitro benzene ring substituents is 1. The zero-order chi connectivity index (χ0) is 22.1. The first-order chi connectivity index (χ1) is 14.9. The number of rotatable bonds is 4. The lowest BCUT2D eigenvalue weighted by atomic mass is 10.1. The molecule has 1 aromatic heterocycles. The Labute approximate surface area is 173 Å². The molecular formula is C19H15N7O5.